The van der Waals surface area contributed by atoms with Gasteiger partial charge in [-0.3, -0.25) is 9.79 Å². The lowest BCUT2D eigenvalue weighted by Crippen LogP contribution is -2.48. The molecule has 30 heavy (non-hydrogen) atoms. The van der Waals surface area contributed by atoms with Gasteiger partial charge >= 0.3 is 0 Å². The maximum atomic E-state index is 12.7. The highest BCUT2D eigenvalue weighted by Crippen LogP contribution is 2.23. The van der Waals surface area contributed by atoms with Crippen LogP contribution in [-0.4, -0.2) is 63.2 Å². The quantitative estimate of drug-likeness (QED) is 0.504. The minimum atomic E-state index is -3.44. The first kappa shape index (κ1) is 25.9. The second-order valence-electron chi connectivity index (χ2n) is 9.48. The van der Waals surface area contributed by atoms with Gasteiger partial charge in [0.2, 0.25) is 5.91 Å². The van der Waals surface area contributed by atoms with Crippen LogP contribution < -0.4 is 10.6 Å². The average Bonchev–Trinajstić information content (AvgIpc) is 2.58. The van der Waals surface area contributed by atoms with Crippen LogP contribution in [0.25, 0.3) is 0 Å². The number of nitrogens with zero attached hydrogens (tertiary/aromatic N) is 2. The van der Waals surface area contributed by atoms with E-state index < -0.39 is 9.84 Å². The summed E-state index contributed by atoms with van der Waals surface area (Å²) < 4.78 is 25.3. The zero-order valence-corrected chi connectivity index (χ0v) is 20.5. The fourth-order valence-corrected chi connectivity index (χ4v) is 3.89. The molecule has 0 aliphatic carbocycles. The van der Waals surface area contributed by atoms with Crippen molar-refractivity contribution in [1.29, 1.82) is 0 Å². The zero-order chi connectivity index (χ0) is 23.2. The van der Waals surface area contributed by atoms with E-state index in [1.807, 2.05) is 39.8 Å². The fraction of sp³-hybridized carbons (Fsp3) is 0.636. The third-order valence-corrected chi connectivity index (χ3v) is 6.00. The van der Waals surface area contributed by atoms with E-state index in [0.29, 0.717) is 17.4 Å². The van der Waals surface area contributed by atoms with E-state index >= 15 is 0 Å². The Morgan fingerprint density at radius 1 is 1.07 bits per heavy atom. The van der Waals surface area contributed by atoms with Gasteiger partial charge < -0.3 is 15.5 Å². The maximum absolute atomic E-state index is 12.7. The molecule has 2 N–H and O–H groups in total. The van der Waals surface area contributed by atoms with E-state index in [0.717, 1.165) is 5.56 Å². The number of hydrogen-bond acceptors (Lipinski definition) is 4. The van der Waals surface area contributed by atoms with Crippen LogP contribution in [0.5, 0.6) is 0 Å². The third-order valence-electron chi connectivity index (χ3n) is 4.29. The van der Waals surface area contributed by atoms with Crippen molar-refractivity contribution in [2.75, 3.05) is 32.4 Å². The van der Waals surface area contributed by atoms with E-state index in [9.17, 15) is 13.2 Å². The Bertz CT molecular complexity index is 833. The summed E-state index contributed by atoms with van der Waals surface area (Å²) in [6, 6.07) is 7.05. The zero-order valence-electron chi connectivity index (χ0n) is 19.7. The highest BCUT2D eigenvalue weighted by molar-refractivity contribution is 7.91. The molecule has 0 aliphatic heterocycles. The topological polar surface area (TPSA) is 90.9 Å². The van der Waals surface area contributed by atoms with Crippen LogP contribution in [0.1, 0.15) is 54.0 Å². The Morgan fingerprint density at radius 3 is 2.10 bits per heavy atom. The number of sulfone groups is 1. The summed E-state index contributed by atoms with van der Waals surface area (Å²) >= 11 is 0. The Labute approximate surface area is 182 Å². The minimum Gasteiger partial charge on any atom is -0.357 e. The molecule has 0 spiro atoms. The molecule has 170 valence electrons. The number of guanidine groups is 1. The van der Waals surface area contributed by atoms with Crippen molar-refractivity contribution in [2.24, 2.45) is 4.99 Å². The summed E-state index contributed by atoms with van der Waals surface area (Å²) in [5.41, 5.74) is 0.741. The molecule has 0 bridgehead atoms. The van der Waals surface area contributed by atoms with Crippen molar-refractivity contribution in [3.8, 4) is 0 Å². The van der Waals surface area contributed by atoms with E-state index in [4.69, 9.17) is 0 Å². The fourth-order valence-electron chi connectivity index (χ4n) is 2.77. The normalized spacial score (nSPS) is 13.1. The molecule has 1 aromatic carbocycles. The Kier molecular flexibility index (Phi) is 8.90. The first-order chi connectivity index (χ1) is 13.7. The summed E-state index contributed by atoms with van der Waals surface area (Å²) in [4.78, 5) is 18.6. The van der Waals surface area contributed by atoms with Crippen LogP contribution in [0.15, 0.2) is 34.2 Å². The van der Waals surface area contributed by atoms with Gasteiger partial charge in [-0.1, -0.05) is 32.9 Å². The van der Waals surface area contributed by atoms with Crippen molar-refractivity contribution < 1.29 is 13.2 Å². The second kappa shape index (κ2) is 10.3. The lowest BCUT2D eigenvalue weighted by Gasteiger charge is -2.25. The predicted molar refractivity (Wildman–Crippen MR) is 124 cm³/mol. The molecule has 0 fully saturated rings. The second-order valence-corrected chi connectivity index (χ2v) is 11.6. The molecule has 8 heteroatoms. The molecule has 0 aliphatic rings. The summed E-state index contributed by atoms with van der Waals surface area (Å²) in [5, 5.41) is 6.01. The minimum absolute atomic E-state index is 0.0306. The van der Waals surface area contributed by atoms with Gasteiger partial charge in [0.25, 0.3) is 0 Å². The number of carbonyl (C=O) groups excluding carboxylic acids is 1. The highest BCUT2D eigenvalue weighted by atomic mass is 32.2. The molecular weight excluding hydrogens is 400 g/mol. The number of carbonyl (C=O) groups is 1. The molecule has 7 nitrogen and oxygen atoms in total. The van der Waals surface area contributed by atoms with Gasteiger partial charge in [-0.25, -0.2) is 8.42 Å². The van der Waals surface area contributed by atoms with Gasteiger partial charge in [-0.05, 0) is 50.8 Å². The highest BCUT2D eigenvalue weighted by Gasteiger charge is 2.19. The molecule has 0 radical (unpaired) electrons. The molecule has 1 aromatic rings. The van der Waals surface area contributed by atoms with Gasteiger partial charge in [0.15, 0.2) is 15.8 Å². The lowest BCUT2D eigenvalue weighted by atomic mass is 9.87. The molecule has 0 saturated carbocycles. The van der Waals surface area contributed by atoms with Crippen LogP contribution in [0.4, 0.5) is 0 Å². The maximum Gasteiger partial charge on any atom is 0.240 e. The van der Waals surface area contributed by atoms with Crippen LogP contribution >= 0.6 is 0 Å². The van der Waals surface area contributed by atoms with Crippen LogP contribution in [0.2, 0.25) is 0 Å². The van der Waals surface area contributed by atoms with Gasteiger partial charge in [0.1, 0.15) is 0 Å². The molecule has 0 unspecified atom stereocenters. The van der Waals surface area contributed by atoms with Crippen molar-refractivity contribution in [3.63, 3.8) is 0 Å². The lowest BCUT2D eigenvalue weighted by molar-refractivity contribution is -0.122. The SMILES string of the molecule is CCNC(=NCCS(=O)(=O)c1ccc(C(C)(C)C)cc1)N(C)CC(=O)NC(C)(C)C. The summed E-state index contributed by atoms with van der Waals surface area (Å²) in [5.74, 6) is 0.278. The summed E-state index contributed by atoms with van der Waals surface area (Å²) in [6.07, 6.45) is 0. The number of hydrogen-bond donors (Lipinski definition) is 2. The van der Waals surface area contributed by atoms with E-state index in [1.54, 1.807) is 24.1 Å². The first-order valence-electron chi connectivity index (χ1n) is 10.3. The van der Waals surface area contributed by atoms with E-state index in [-0.39, 0.29) is 35.7 Å². The van der Waals surface area contributed by atoms with Crippen molar-refractivity contribution >= 4 is 21.7 Å². The van der Waals surface area contributed by atoms with E-state index in [2.05, 4.69) is 36.4 Å². The van der Waals surface area contributed by atoms with Gasteiger partial charge in [0, 0.05) is 19.1 Å². The smallest absolute Gasteiger partial charge is 0.240 e. The number of amides is 1. The number of likely N-dealkylation sites (N-methyl/N-ethyl adjacent to an activating group) is 1. The molecular formula is C22H38N4O3S. The largest absolute Gasteiger partial charge is 0.357 e. The van der Waals surface area contributed by atoms with Gasteiger partial charge in [-0.15, -0.1) is 0 Å². The molecule has 0 aromatic heterocycles. The Morgan fingerprint density at radius 2 is 1.63 bits per heavy atom. The molecule has 0 heterocycles. The Hall–Kier alpha value is -2.09. The molecule has 1 rings (SSSR count). The van der Waals surface area contributed by atoms with Crippen molar-refractivity contribution in [3.05, 3.63) is 29.8 Å². The molecule has 0 atom stereocenters. The van der Waals surface area contributed by atoms with Crippen molar-refractivity contribution in [1.82, 2.24) is 15.5 Å². The Balaban J connectivity index is 2.81. The molecule has 1 amide bonds. The average molecular weight is 439 g/mol. The molecule has 0 saturated heterocycles. The van der Waals surface area contributed by atoms with E-state index in [1.165, 1.54) is 0 Å². The predicted octanol–water partition coefficient (Wildman–Crippen LogP) is 2.57. The monoisotopic (exact) mass is 438 g/mol. The summed E-state index contributed by atoms with van der Waals surface area (Å²) in [6.45, 7) is 14.8. The third kappa shape index (κ3) is 8.73. The van der Waals surface area contributed by atoms with Crippen LogP contribution in [0.3, 0.4) is 0 Å². The van der Waals surface area contributed by atoms with Gasteiger partial charge in [-0.2, -0.15) is 0 Å². The number of rotatable bonds is 7. The first-order valence-corrected chi connectivity index (χ1v) is 11.9. The van der Waals surface area contributed by atoms with Gasteiger partial charge in [0.05, 0.1) is 23.7 Å². The summed E-state index contributed by atoms with van der Waals surface area (Å²) in [7, 11) is -1.69. The van der Waals surface area contributed by atoms with Crippen LogP contribution in [0, 0.1) is 0 Å². The van der Waals surface area contributed by atoms with Crippen molar-refractivity contribution in [2.45, 2.75) is 64.3 Å². The number of aliphatic imine (C=N–C) groups is 1. The number of benzene rings is 1. The standard InChI is InChI=1S/C22H38N4O3S/c1-9-23-20(26(8)16-19(27)25-22(5,6)7)24-14-15-30(28,29)18-12-10-17(11-13-18)21(2,3)4/h10-13H,9,14-16H2,1-8H3,(H,23,24)(H,25,27). The van der Waals surface area contributed by atoms with Crippen LogP contribution in [-0.2, 0) is 20.0 Å². The number of nitrogens with one attached hydrogen (secondary N) is 2.